The van der Waals surface area contributed by atoms with E-state index >= 15 is 0 Å². The summed E-state index contributed by atoms with van der Waals surface area (Å²) in [4.78, 5) is 12.4. The Morgan fingerprint density at radius 3 is 2.73 bits per heavy atom. The lowest BCUT2D eigenvalue weighted by Gasteiger charge is -2.15. The zero-order valence-electron chi connectivity index (χ0n) is 6.83. The van der Waals surface area contributed by atoms with E-state index in [2.05, 4.69) is 4.74 Å². The van der Waals surface area contributed by atoms with E-state index in [-0.39, 0.29) is 19.1 Å². The lowest BCUT2D eigenvalue weighted by Crippen LogP contribution is -2.33. The van der Waals surface area contributed by atoms with E-state index in [4.69, 9.17) is 5.26 Å². The van der Waals surface area contributed by atoms with Crippen LogP contribution in [0.2, 0.25) is 0 Å². The van der Waals surface area contributed by atoms with Crippen LogP contribution in [0.25, 0.3) is 0 Å². The molecular formula is C7H12N2O2. The minimum Gasteiger partial charge on any atom is -0.375 e. The van der Waals surface area contributed by atoms with E-state index < -0.39 is 0 Å². The van der Waals surface area contributed by atoms with Crippen LogP contribution in [-0.4, -0.2) is 37.6 Å². The Morgan fingerprint density at radius 2 is 2.36 bits per heavy atom. The van der Waals surface area contributed by atoms with Crippen molar-refractivity contribution in [1.29, 1.82) is 5.26 Å². The molecule has 0 rings (SSSR count). The Morgan fingerprint density at radius 1 is 1.73 bits per heavy atom. The average Bonchev–Trinajstić information content (AvgIpc) is 2.00. The summed E-state index contributed by atoms with van der Waals surface area (Å²) in [6, 6.07) is 1.91. The minimum atomic E-state index is -0.142. The highest BCUT2D eigenvalue weighted by Gasteiger charge is 2.08. The molecule has 0 unspecified atom stereocenters. The molecule has 0 spiro atoms. The third kappa shape index (κ3) is 3.58. The number of nitriles is 1. The molecule has 0 aliphatic heterocycles. The monoisotopic (exact) mass is 156 g/mol. The van der Waals surface area contributed by atoms with Gasteiger partial charge < -0.3 is 9.64 Å². The lowest BCUT2D eigenvalue weighted by atomic mass is 10.4. The third-order valence-corrected chi connectivity index (χ3v) is 1.26. The molecule has 0 radical (unpaired) electrons. The first-order valence-corrected chi connectivity index (χ1v) is 3.39. The molecule has 4 nitrogen and oxygen atoms in total. The quantitative estimate of drug-likeness (QED) is 0.538. The highest BCUT2D eigenvalue weighted by Crippen LogP contribution is 1.88. The molecule has 0 fully saturated rings. The van der Waals surface area contributed by atoms with E-state index in [1.807, 2.05) is 13.0 Å². The molecule has 11 heavy (non-hydrogen) atoms. The summed E-state index contributed by atoms with van der Waals surface area (Å²) in [5, 5.41) is 8.30. The second-order valence-corrected chi connectivity index (χ2v) is 2.00. The van der Waals surface area contributed by atoms with Gasteiger partial charge in [-0.25, -0.2) is 0 Å². The van der Waals surface area contributed by atoms with Crippen molar-refractivity contribution < 1.29 is 9.53 Å². The van der Waals surface area contributed by atoms with Gasteiger partial charge >= 0.3 is 0 Å². The second kappa shape index (κ2) is 5.69. The molecule has 4 heteroatoms. The number of hydrogen-bond donors (Lipinski definition) is 0. The lowest BCUT2D eigenvalue weighted by molar-refractivity contribution is -0.134. The predicted molar refractivity (Wildman–Crippen MR) is 39.7 cm³/mol. The van der Waals surface area contributed by atoms with Crippen LogP contribution in [0.4, 0.5) is 0 Å². The summed E-state index contributed by atoms with van der Waals surface area (Å²) in [6.07, 6.45) is 0. The molecule has 0 aliphatic rings. The van der Waals surface area contributed by atoms with Crippen molar-refractivity contribution in [1.82, 2.24) is 4.90 Å². The van der Waals surface area contributed by atoms with Crippen LogP contribution in [0, 0.1) is 11.3 Å². The summed E-state index contributed by atoms with van der Waals surface area (Å²) in [6.45, 7) is 2.56. The van der Waals surface area contributed by atoms with Gasteiger partial charge in [-0.15, -0.1) is 0 Å². The number of carbonyl (C=O) groups excluding carboxylic acids is 1. The van der Waals surface area contributed by atoms with Gasteiger partial charge in [0.25, 0.3) is 0 Å². The van der Waals surface area contributed by atoms with Gasteiger partial charge in [0.15, 0.2) is 0 Å². The summed E-state index contributed by atoms with van der Waals surface area (Å²) in [7, 11) is 1.46. The molecular weight excluding hydrogens is 144 g/mol. The molecule has 0 aromatic heterocycles. The number of likely N-dealkylation sites (N-methyl/N-ethyl adjacent to an activating group) is 1. The molecule has 0 heterocycles. The van der Waals surface area contributed by atoms with E-state index in [0.717, 1.165) is 0 Å². The Bertz CT molecular complexity index is 162. The van der Waals surface area contributed by atoms with Gasteiger partial charge in [0.2, 0.25) is 5.91 Å². The number of carbonyl (C=O) groups is 1. The second-order valence-electron chi connectivity index (χ2n) is 2.00. The molecule has 1 amide bonds. The largest absolute Gasteiger partial charge is 0.375 e. The van der Waals surface area contributed by atoms with E-state index in [1.54, 1.807) is 0 Å². The van der Waals surface area contributed by atoms with Crippen molar-refractivity contribution in [2.24, 2.45) is 0 Å². The Balaban J connectivity index is 3.83. The van der Waals surface area contributed by atoms with Gasteiger partial charge in [-0.2, -0.15) is 5.26 Å². The number of nitrogens with zero attached hydrogens (tertiary/aromatic N) is 2. The van der Waals surface area contributed by atoms with Crippen LogP contribution in [-0.2, 0) is 9.53 Å². The average molecular weight is 156 g/mol. The third-order valence-electron chi connectivity index (χ3n) is 1.26. The van der Waals surface area contributed by atoms with Crippen LogP contribution in [0.15, 0.2) is 0 Å². The molecule has 62 valence electrons. The molecule has 0 aliphatic carbocycles. The van der Waals surface area contributed by atoms with Gasteiger partial charge in [-0.05, 0) is 6.92 Å². The zero-order chi connectivity index (χ0) is 8.69. The number of hydrogen-bond acceptors (Lipinski definition) is 3. The molecule has 0 saturated heterocycles. The first-order chi connectivity index (χ1) is 5.26. The first kappa shape index (κ1) is 9.92. The van der Waals surface area contributed by atoms with Crippen LogP contribution >= 0.6 is 0 Å². The van der Waals surface area contributed by atoms with Gasteiger partial charge in [0.05, 0.1) is 6.07 Å². The van der Waals surface area contributed by atoms with Crippen molar-refractivity contribution in [3.05, 3.63) is 0 Å². The number of methoxy groups -OCH3 is 1. The van der Waals surface area contributed by atoms with E-state index in [9.17, 15) is 4.79 Å². The standard InChI is InChI=1S/C7H12N2O2/c1-3-9(5-4-8)7(10)6-11-2/h3,5-6H2,1-2H3. The number of amides is 1. The fourth-order valence-electron chi connectivity index (χ4n) is 0.676. The van der Waals surface area contributed by atoms with E-state index in [1.165, 1.54) is 12.0 Å². The first-order valence-electron chi connectivity index (χ1n) is 3.39. The highest BCUT2D eigenvalue weighted by molar-refractivity contribution is 5.77. The molecule has 0 bridgehead atoms. The SMILES string of the molecule is CCN(CC#N)C(=O)COC. The zero-order valence-corrected chi connectivity index (χ0v) is 6.83. The summed E-state index contributed by atoms with van der Waals surface area (Å²) >= 11 is 0. The number of ether oxygens (including phenoxy) is 1. The Kier molecular flexibility index (Phi) is 5.13. The number of rotatable bonds is 4. The maximum atomic E-state index is 11.0. The smallest absolute Gasteiger partial charge is 0.249 e. The van der Waals surface area contributed by atoms with Crippen molar-refractivity contribution in [3.8, 4) is 6.07 Å². The van der Waals surface area contributed by atoms with Crippen molar-refractivity contribution in [2.45, 2.75) is 6.92 Å². The van der Waals surface area contributed by atoms with Crippen molar-refractivity contribution >= 4 is 5.91 Å². The molecule has 0 aromatic rings. The van der Waals surface area contributed by atoms with Crippen LogP contribution in [0.5, 0.6) is 0 Å². The van der Waals surface area contributed by atoms with Crippen LogP contribution in [0.1, 0.15) is 6.92 Å². The molecule has 0 atom stereocenters. The van der Waals surface area contributed by atoms with Crippen molar-refractivity contribution in [2.75, 3.05) is 26.8 Å². The normalized spacial score (nSPS) is 8.82. The molecule has 0 aromatic carbocycles. The summed E-state index contributed by atoms with van der Waals surface area (Å²) in [5.74, 6) is -0.142. The van der Waals surface area contributed by atoms with Crippen molar-refractivity contribution in [3.63, 3.8) is 0 Å². The maximum absolute atomic E-state index is 11.0. The van der Waals surface area contributed by atoms with Gasteiger partial charge in [0, 0.05) is 13.7 Å². The highest BCUT2D eigenvalue weighted by atomic mass is 16.5. The van der Waals surface area contributed by atoms with Crippen LogP contribution in [0.3, 0.4) is 0 Å². The topological polar surface area (TPSA) is 53.3 Å². The Labute approximate surface area is 66.4 Å². The summed E-state index contributed by atoms with van der Waals surface area (Å²) in [5.41, 5.74) is 0. The molecule has 0 N–H and O–H groups in total. The maximum Gasteiger partial charge on any atom is 0.249 e. The Hall–Kier alpha value is -1.08. The molecule has 0 saturated carbocycles. The van der Waals surface area contributed by atoms with Gasteiger partial charge in [-0.3, -0.25) is 4.79 Å². The predicted octanol–water partition coefficient (Wildman–Crippen LogP) is 0.00488. The van der Waals surface area contributed by atoms with E-state index in [0.29, 0.717) is 6.54 Å². The fraction of sp³-hybridized carbons (Fsp3) is 0.714. The minimum absolute atomic E-state index is 0.0511. The van der Waals surface area contributed by atoms with Crippen LogP contribution < -0.4 is 0 Å². The fourth-order valence-corrected chi connectivity index (χ4v) is 0.676. The summed E-state index contributed by atoms with van der Waals surface area (Å²) < 4.78 is 4.63. The van der Waals surface area contributed by atoms with Gasteiger partial charge in [-0.1, -0.05) is 0 Å². The van der Waals surface area contributed by atoms with Gasteiger partial charge in [0.1, 0.15) is 13.2 Å².